The Bertz CT molecular complexity index is 801. The zero-order chi connectivity index (χ0) is 21.2. The summed E-state index contributed by atoms with van der Waals surface area (Å²) in [6, 6.07) is 9.65. The molecule has 1 unspecified atom stereocenters. The number of guanidine groups is 1. The second kappa shape index (κ2) is 11.3. The summed E-state index contributed by atoms with van der Waals surface area (Å²) in [4.78, 5) is 4.26. The van der Waals surface area contributed by atoms with E-state index in [4.69, 9.17) is 0 Å². The van der Waals surface area contributed by atoms with Crippen LogP contribution in [0.5, 0.6) is 5.75 Å². The third-order valence-electron chi connectivity index (χ3n) is 3.97. The fraction of sp³-hybridized carbons (Fsp3) is 0.350. The summed E-state index contributed by atoms with van der Waals surface area (Å²) < 4.78 is 55.5. The molecule has 1 atom stereocenters. The molecule has 0 saturated carbocycles. The van der Waals surface area contributed by atoms with E-state index in [-0.39, 0.29) is 24.3 Å². The Morgan fingerprint density at radius 2 is 1.83 bits per heavy atom. The third-order valence-corrected chi connectivity index (χ3v) is 3.97. The maximum absolute atomic E-state index is 13.7. The normalized spacial score (nSPS) is 12.7. The zero-order valence-electron chi connectivity index (χ0n) is 15.8. The summed E-state index contributed by atoms with van der Waals surface area (Å²) in [5.74, 6) is -1.36. The van der Waals surface area contributed by atoms with Crippen molar-refractivity contribution in [2.24, 2.45) is 4.99 Å². The van der Waals surface area contributed by atoms with Crippen LogP contribution in [0.1, 0.15) is 24.2 Å². The van der Waals surface area contributed by atoms with E-state index in [1.54, 1.807) is 0 Å². The number of ether oxygens (including phenoxy) is 1. The van der Waals surface area contributed by atoms with Gasteiger partial charge in [-0.15, -0.1) is 0 Å². The summed E-state index contributed by atoms with van der Waals surface area (Å²) in [5, 5.41) is 16.2. The van der Waals surface area contributed by atoms with Crippen LogP contribution in [0.3, 0.4) is 0 Å². The lowest BCUT2D eigenvalue weighted by atomic mass is 10.1. The molecule has 3 N–H and O–H groups in total. The Morgan fingerprint density at radius 1 is 1.10 bits per heavy atom. The molecule has 0 spiro atoms. The van der Waals surface area contributed by atoms with Crippen molar-refractivity contribution in [3.63, 3.8) is 0 Å². The smallest absolute Gasteiger partial charge is 0.387 e. The molecule has 9 heteroatoms. The zero-order valence-corrected chi connectivity index (χ0v) is 15.8. The molecule has 29 heavy (non-hydrogen) atoms. The maximum Gasteiger partial charge on any atom is 0.387 e. The highest BCUT2D eigenvalue weighted by molar-refractivity contribution is 5.79. The lowest BCUT2D eigenvalue weighted by Gasteiger charge is -2.14. The number of alkyl halides is 2. The summed E-state index contributed by atoms with van der Waals surface area (Å²) in [6.45, 7) is -0.164. The summed E-state index contributed by atoms with van der Waals surface area (Å²) in [6.07, 6.45) is -0.700. The van der Waals surface area contributed by atoms with Crippen molar-refractivity contribution >= 4 is 5.96 Å². The minimum absolute atomic E-state index is 0.000891. The molecule has 2 aromatic rings. The predicted molar refractivity (Wildman–Crippen MR) is 102 cm³/mol. The molecule has 0 aliphatic rings. The van der Waals surface area contributed by atoms with Gasteiger partial charge in [0.15, 0.2) is 17.6 Å². The van der Waals surface area contributed by atoms with Crippen LogP contribution < -0.4 is 15.4 Å². The highest BCUT2D eigenvalue weighted by Gasteiger charge is 2.10. The van der Waals surface area contributed by atoms with Crippen LogP contribution in [-0.4, -0.2) is 37.3 Å². The van der Waals surface area contributed by atoms with E-state index in [1.165, 1.54) is 36.4 Å². The molecule has 0 amide bonds. The Kier molecular flexibility index (Phi) is 8.72. The molecular weight excluding hydrogens is 390 g/mol. The third kappa shape index (κ3) is 7.26. The molecule has 0 aliphatic carbocycles. The molecule has 5 nitrogen and oxygen atoms in total. The molecule has 0 heterocycles. The molecular formula is C20H23F4N3O2. The van der Waals surface area contributed by atoms with Gasteiger partial charge in [-0.1, -0.05) is 24.3 Å². The first-order valence-corrected chi connectivity index (χ1v) is 9.08. The van der Waals surface area contributed by atoms with Crippen molar-refractivity contribution in [2.75, 3.05) is 19.6 Å². The van der Waals surface area contributed by atoms with Gasteiger partial charge in [0, 0.05) is 13.1 Å². The van der Waals surface area contributed by atoms with Gasteiger partial charge >= 0.3 is 6.61 Å². The van der Waals surface area contributed by atoms with E-state index in [9.17, 15) is 22.7 Å². The summed E-state index contributed by atoms with van der Waals surface area (Å²) in [5.41, 5.74) is 0.743. The lowest BCUT2D eigenvalue weighted by Crippen LogP contribution is -2.38. The van der Waals surface area contributed by atoms with Gasteiger partial charge in [-0.3, -0.25) is 4.99 Å². The number of hydrogen-bond donors (Lipinski definition) is 3. The number of aliphatic imine (C=N–C) groups is 1. The molecule has 158 valence electrons. The molecule has 2 rings (SSSR count). The number of benzene rings is 2. The number of rotatable bonds is 9. The van der Waals surface area contributed by atoms with Crippen LogP contribution in [-0.2, 0) is 6.42 Å². The van der Waals surface area contributed by atoms with Crippen LogP contribution in [0.15, 0.2) is 47.5 Å². The van der Waals surface area contributed by atoms with E-state index in [0.29, 0.717) is 24.6 Å². The van der Waals surface area contributed by atoms with Gasteiger partial charge in [0.2, 0.25) is 0 Å². The quantitative estimate of drug-likeness (QED) is 0.335. The van der Waals surface area contributed by atoms with Crippen LogP contribution in [0.25, 0.3) is 0 Å². The van der Waals surface area contributed by atoms with Crippen molar-refractivity contribution in [2.45, 2.75) is 26.1 Å². The van der Waals surface area contributed by atoms with Gasteiger partial charge in [0.1, 0.15) is 5.75 Å². The monoisotopic (exact) mass is 413 g/mol. The molecule has 0 radical (unpaired) electrons. The first-order chi connectivity index (χ1) is 13.9. The van der Waals surface area contributed by atoms with Crippen molar-refractivity contribution in [3.8, 4) is 5.75 Å². The minimum Gasteiger partial charge on any atom is -0.435 e. The molecule has 0 saturated heterocycles. The van der Waals surface area contributed by atoms with Gasteiger partial charge < -0.3 is 20.5 Å². The Morgan fingerprint density at radius 3 is 2.48 bits per heavy atom. The fourth-order valence-electron chi connectivity index (χ4n) is 2.55. The topological polar surface area (TPSA) is 65.9 Å². The number of aliphatic hydroxyl groups excluding tert-OH is 1. The first kappa shape index (κ1) is 22.5. The van der Waals surface area contributed by atoms with Gasteiger partial charge in [-0.2, -0.15) is 8.78 Å². The molecule has 0 fully saturated rings. The van der Waals surface area contributed by atoms with Crippen molar-refractivity contribution in [1.82, 2.24) is 10.6 Å². The highest BCUT2D eigenvalue weighted by atomic mass is 19.3. The van der Waals surface area contributed by atoms with E-state index < -0.39 is 24.3 Å². The number of nitrogens with one attached hydrogen (secondary N) is 2. The Balaban J connectivity index is 1.91. The van der Waals surface area contributed by atoms with Gasteiger partial charge in [0.05, 0.1) is 12.6 Å². The number of aliphatic hydroxyl groups is 1. The Labute approximate surface area is 166 Å². The van der Waals surface area contributed by atoms with Crippen LogP contribution in [0, 0.1) is 11.6 Å². The predicted octanol–water partition coefficient (Wildman–Crippen LogP) is 3.40. The number of halogens is 4. The van der Waals surface area contributed by atoms with Gasteiger partial charge in [-0.25, -0.2) is 8.78 Å². The standard InChI is InChI=1S/C20H23F4N3O2/c1-2-25-20(26-11-10-14-4-3-5-16(21)18(14)22)27-12-17(28)13-6-8-15(9-7-13)29-19(23)24/h3-9,17,19,28H,2,10-12H2,1H3,(H2,25,26,27). The van der Waals surface area contributed by atoms with E-state index in [1.807, 2.05) is 6.92 Å². The minimum atomic E-state index is -2.91. The average Bonchev–Trinajstić information content (AvgIpc) is 2.69. The molecule has 0 aromatic heterocycles. The fourth-order valence-corrected chi connectivity index (χ4v) is 2.55. The first-order valence-electron chi connectivity index (χ1n) is 9.08. The molecule has 0 bridgehead atoms. The van der Waals surface area contributed by atoms with Crippen LogP contribution in [0.4, 0.5) is 17.6 Å². The van der Waals surface area contributed by atoms with Crippen molar-refractivity contribution in [1.29, 1.82) is 0 Å². The number of hydrogen-bond acceptors (Lipinski definition) is 3. The van der Waals surface area contributed by atoms with Gasteiger partial charge in [-0.05, 0) is 42.7 Å². The highest BCUT2D eigenvalue weighted by Crippen LogP contribution is 2.19. The summed E-state index contributed by atoms with van der Waals surface area (Å²) >= 11 is 0. The second-order valence-electron chi connectivity index (χ2n) is 6.07. The molecule has 2 aromatic carbocycles. The lowest BCUT2D eigenvalue weighted by molar-refractivity contribution is -0.0498. The SMILES string of the molecule is CCNC(=NCC(O)c1ccc(OC(F)F)cc1)NCCc1cccc(F)c1F. The van der Waals surface area contributed by atoms with Crippen molar-refractivity contribution < 1.29 is 27.4 Å². The average molecular weight is 413 g/mol. The van der Waals surface area contributed by atoms with E-state index >= 15 is 0 Å². The second-order valence-corrected chi connectivity index (χ2v) is 6.07. The van der Waals surface area contributed by atoms with Crippen LogP contribution in [0.2, 0.25) is 0 Å². The van der Waals surface area contributed by atoms with E-state index in [2.05, 4.69) is 20.4 Å². The largest absolute Gasteiger partial charge is 0.435 e. The van der Waals surface area contributed by atoms with Crippen molar-refractivity contribution in [3.05, 3.63) is 65.2 Å². The molecule has 0 aliphatic heterocycles. The Hall–Kier alpha value is -2.81. The number of nitrogens with zero attached hydrogens (tertiary/aromatic N) is 1. The maximum atomic E-state index is 13.7. The van der Waals surface area contributed by atoms with E-state index in [0.717, 1.165) is 6.07 Å². The van der Waals surface area contributed by atoms with Gasteiger partial charge in [0.25, 0.3) is 0 Å². The van der Waals surface area contributed by atoms with Crippen LogP contribution >= 0.6 is 0 Å². The summed E-state index contributed by atoms with van der Waals surface area (Å²) in [7, 11) is 0.